The second kappa shape index (κ2) is 6.18. The highest BCUT2D eigenvalue weighted by Gasteiger charge is 2.36. The third kappa shape index (κ3) is 3.30. The van der Waals surface area contributed by atoms with Crippen LogP contribution in [-0.4, -0.2) is 30.1 Å². The zero-order valence-corrected chi connectivity index (χ0v) is 12.5. The minimum Gasteiger partial charge on any atom is -0.337 e. The van der Waals surface area contributed by atoms with Gasteiger partial charge >= 0.3 is 6.18 Å². The van der Waals surface area contributed by atoms with Crippen molar-refractivity contribution < 1.29 is 18.0 Å². The highest BCUT2D eigenvalue weighted by Crippen LogP contribution is 2.38. The lowest BCUT2D eigenvalue weighted by Crippen LogP contribution is -2.38. The second-order valence-electron chi connectivity index (χ2n) is 5.79. The van der Waals surface area contributed by atoms with Gasteiger partial charge in [-0.1, -0.05) is 18.2 Å². The van der Waals surface area contributed by atoms with E-state index in [0.29, 0.717) is 43.6 Å². The van der Waals surface area contributed by atoms with Crippen LogP contribution in [0.25, 0.3) is 0 Å². The van der Waals surface area contributed by atoms with Crippen molar-refractivity contribution in [2.24, 2.45) is 4.99 Å². The number of alkyl halides is 3. The van der Waals surface area contributed by atoms with E-state index in [0.717, 1.165) is 6.07 Å². The van der Waals surface area contributed by atoms with Crippen LogP contribution in [0.2, 0.25) is 0 Å². The molecule has 0 atom stereocenters. The smallest absolute Gasteiger partial charge is 0.337 e. The van der Waals surface area contributed by atoms with E-state index in [9.17, 15) is 18.0 Å². The number of aliphatic imine (C=N–C) groups is 1. The van der Waals surface area contributed by atoms with Crippen LogP contribution in [0, 0.1) is 0 Å². The molecule has 122 valence electrons. The van der Waals surface area contributed by atoms with Crippen molar-refractivity contribution in [3.05, 3.63) is 47.2 Å². The van der Waals surface area contributed by atoms with Gasteiger partial charge in [0.2, 0.25) is 0 Å². The first-order valence-corrected chi connectivity index (χ1v) is 7.65. The Balaban J connectivity index is 1.70. The molecule has 2 aliphatic rings. The lowest BCUT2D eigenvalue weighted by Gasteiger charge is -2.33. The normalized spacial score (nSPS) is 19.1. The number of nitrogens with zero attached hydrogens (tertiary/aromatic N) is 2. The van der Waals surface area contributed by atoms with Gasteiger partial charge < -0.3 is 4.90 Å². The maximum absolute atomic E-state index is 13.1. The third-order valence-electron chi connectivity index (χ3n) is 4.35. The number of piperidine rings is 1. The van der Waals surface area contributed by atoms with Crippen LogP contribution in [0.5, 0.6) is 0 Å². The third-order valence-corrected chi connectivity index (χ3v) is 4.35. The lowest BCUT2D eigenvalue weighted by atomic mass is 9.86. The summed E-state index contributed by atoms with van der Waals surface area (Å²) in [4.78, 5) is 17.9. The number of carbonyl (C=O) groups excluding carboxylic acids is 1. The molecule has 1 saturated heterocycles. The molecule has 2 aliphatic heterocycles. The molecule has 23 heavy (non-hydrogen) atoms. The van der Waals surface area contributed by atoms with Crippen molar-refractivity contribution in [2.45, 2.75) is 31.4 Å². The number of rotatable bonds is 2. The van der Waals surface area contributed by atoms with E-state index in [1.54, 1.807) is 29.3 Å². The average Bonchev–Trinajstić information content (AvgIpc) is 3.08. The van der Waals surface area contributed by atoms with Crippen molar-refractivity contribution in [3.8, 4) is 0 Å². The van der Waals surface area contributed by atoms with Gasteiger partial charge in [-0.05, 0) is 36.5 Å². The standard InChI is InChI=1S/C17H17F3N2O/c18-17(19,20)14-5-2-1-4-13(14)12-7-10-22(11-8-12)16(23)15-6-3-9-21-15/h1-2,4-6,9,12H,3,7-8,10-11H2. The molecule has 1 aromatic rings. The summed E-state index contributed by atoms with van der Waals surface area (Å²) in [6.07, 6.45) is 0.849. The zero-order chi connectivity index (χ0) is 16.4. The minimum atomic E-state index is -4.34. The first kappa shape index (κ1) is 15.8. The number of benzene rings is 1. The Kier molecular flexibility index (Phi) is 4.24. The zero-order valence-electron chi connectivity index (χ0n) is 12.5. The molecule has 0 spiro atoms. The fourth-order valence-electron chi connectivity index (χ4n) is 3.18. The lowest BCUT2D eigenvalue weighted by molar-refractivity contribution is -0.138. The van der Waals surface area contributed by atoms with Crippen LogP contribution < -0.4 is 0 Å². The predicted octanol–water partition coefficient (Wildman–Crippen LogP) is 3.77. The Morgan fingerprint density at radius 3 is 2.48 bits per heavy atom. The van der Waals surface area contributed by atoms with Crippen LogP contribution in [0.1, 0.15) is 36.3 Å². The van der Waals surface area contributed by atoms with Crippen molar-refractivity contribution in [3.63, 3.8) is 0 Å². The Labute approximate surface area is 132 Å². The average molecular weight is 322 g/mol. The van der Waals surface area contributed by atoms with Gasteiger partial charge in [0.1, 0.15) is 5.70 Å². The number of likely N-dealkylation sites (tertiary alicyclic amines) is 1. The predicted molar refractivity (Wildman–Crippen MR) is 81.2 cm³/mol. The summed E-state index contributed by atoms with van der Waals surface area (Å²) in [6.45, 7) is 0.922. The van der Waals surface area contributed by atoms with Crippen molar-refractivity contribution in [1.29, 1.82) is 0 Å². The van der Waals surface area contributed by atoms with E-state index in [-0.39, 0.29) is 11.8 Å². The van der Waals surface area contributed by atoms with E-state index in [1.165, 1.54) is 6.07 Å². The molecule has 1 fully saturated rings. The van der Waals surface area contributed by atoms with E-state index < -0.39 is 11.7 Å². The molecule has 0 N–H and O–H groups in total. The van der Waals surface area contributed by atoms with E-state index >= 15 is 0 Å². The summed E-state index contributed by atoms with van der Waals surface area (Å²) >= 11 is 0. The fourth-order valence-corrected chi connectivity index (χ4v) is 3.18. The fraction of sp³-hybridized carbons (Fsp3) is 0.412. The van der Waals surface area contributed by atoms with Gasteiger partial charge in [0.15, 0.2) is 0 Å². The van der Waals surface area contributed by atoms with Gasteiger partial charge in [-0.25, -0.2) is 0 Å². The Hall–Kier alpha value is -2.11. The summed E-state index contributed by atoms with van der Waals surface area (Å²) in [6, 6.07) is 5.73. The summed E-state index contributed by atoms with van der Waals surface area (Å²) in [7, 11) is 0. The highest BCUT2D eigenvalue weighted by molar-refractivity contribution is 5.96. The number of hydrogen-bond donors (Lipinski definition) is 0. The Bertz CT molecular complexity index is 656. The van der Waals surface area contributed by atoms with Gasteiger partial charge in [0.25, 0.3) is 5.91 Å². The first-order valence-electron chi connectivity index (χ1n) is 7.65. The van der Waals surface area contributed by atoms with Crippen molar-refractivity contribution in [2.75, 3.05) is 13.1 Å². The molecule has 0 bridgehead atoms. The summed E-state index contributed by atoms with van der Waals surface area (Å²) in [5, 5.41) is 0. The van der Waals surface area contributed by atoms with E-state index in [4.69, 9.17) is 0 Å². The van der Waals surface area contributed by atoms with Crippen LogP contribution in [0.4, 0.5) is 13.2 Å². The number of halogens is 3. The Morgan fingerprint density at radius 1 is 1.17 bits per heavy atom. The van der Waals surface area contributed by atoms with Crippen LogP contribution in [-0.2, 0) is 11.0 Å². The highest BCUT2D eigenvalue weighted by atomic mass is 19.4. The van der Waals surface area contributed by atoms with Gasteiger partial charge in [0, 0.05) is 25.7 Å². The number of hydrogen-bond acceptors (Lipinski definition) is 2. The number of allylic oxidation sites excluding steroid dienone is 1. The summed E-state index contributed by atoms with van der Waals surface area (Å²) < 4.78 is 39.4. The number of carbonyl (C=O) groups is 1. The maximum Gasteiger partial charge on any atom is 0.416 e. The van der Waals surface area contributed by atoms with Crippen LogP contribution in [0.3, 0.4) is 0 Å². The maximum atomic E-state index is 13.1. The van der Waals surface area contributed by atoms with E-state index in [2.05, 4.69) is 4.99 Å². The summed E-state index contributed by atoms with van der Waals surface area (Å²) in [5.74, 6) is -0.292. The van der Waals surface area contributed by atoms with Gasteiger partial charge in [-0.2, -0.15) is 13.2 Å². The van der Waals surface area contributed by atoms with Gasteiger partial charge in [0.05, 0.1) is 5.56 Å². The largest absolute Gasteiger partial charge is 0.416 e. The topological polar surface area (TPSA) is 32.7 Å². The molecule has 0 saturated carbocycles. The molecular formula is C17H17F3N2O. The monoisotopic (exact) mass is 322 g/mol. The molecule has 0 unspecified atom stereocenters. The van der Waals surface area contributed by atoms with Gasteiger partial charge in [-0.15, -0.1) is 0 Å². The Morgan fingerprint density at radius 2 is 1.87 bits per heavy atom. The quantitative estimate of drug-likeness (QED) is 0.816. The molecule has 1 amide bonds. The molecule has 0 aliphatic carbocycles. The molecule has 3 nitrogen and oxygen atoms in total. The molecule has 6 heteroatoms. The second-order valence-corrected chi connectivity index (χ2v) is 5.79. The molecule has 3 rings (SSSR count). The molecule has 1 aromatic carbocycles. The molecule has 2 heterocycles. The molecular weight excluding hydrogens is 305 g/mol. The minimum absolute atomic E-state index is 0.124. The molecule has 0 aromatic heterocycles. The number of amides is 1. The van der Waals surface area contributed by atoms with Crippen molar-refractivity contribution >= 4 is 12.1 Å². The molecule has 0 radical (unpaired) electrons. The SMILES string of the molecule is O=C(C1=CCC=N1)N1CCC(c2ccccc2C(F)(F)F)CC1. The summed E-state index contributed by atoms with van der Waals surface area (Å²) in [5.41, 5.74) is 0.220. The van der Waals surface area contributed by atoms with Crippen LogP contribution >= 0.6 is 0 Å². The van der Waals surface area contributed by atoms with E-state index in [1.807, 2.05) is 0 Å². The first-order chi connectivity index (χ1) is 11.0. The van der Waals surface area contributed by atoms with Gasteiger partial charge in [-0.3, -0.25) is 9.79 Å². The van der Waals surface area contributed by atoms with Crippen LogP contribution in [0.15, 0.2) is 41.0 Å². The van der Waals surface area contributed by atoms with Crippen molar-refractivity contribution in [1.82, 2.24) is 4.90 Å².